The molecule has 0 saturated heterocycles. The van der Waals surface area contributed by atoms with Crippen LogP contribution in [-0.4, -0.2) is 31.3 Å². The number of nitrogen functional groups attached to an aromatic ring is 1. The van der Waals surface area contributed by atoms with Gasteiger partial charge in [-0.1, -0.05) is 23.9 Å². The largest absolute Gasteiger partial charge is 0.382 e. The molecule has 1 aromatic carbocycles. The van der Waals surface area contributed by atoms with Crippen molar-refractivity contribution in [3.8, 4) is 0 Å². The van der Waals surface area contributed by atoms with Crippen molar-refractivity contribution in [2.75, 3.05) is 11.1 Å². The topological polar surface area (TPSA) is 110 Å². The minimum absolute atomic E-state index is 0.108. The van der Waals surface area contributed by atoms with Crippen LogP contribution in [0.3, 0.4) is 0 Å². The Morgan fingerprint density at radius 1 is 1.33 bits per heavy atom. The monoisotopic (exact) mass is 405 g/mol. The summed E-state index contributed by atoms with van der Waals surface area (Å²) >= 11 is 0. The number of nitrogens with zero attached hydrogens (tertiary/aromatic N) is 4. The van der Waals surface area contributed by atoms with Crippen LogP contribution in [-0.2, 0) is 11.3 Å². The lowest BCUT2D eigenvalue weighted by molar-refractivity contribution is -0.458. The van der Waals surface area contributed by atoms with Crippen LogP contribution in [0.1, 0.15) is 24.0 Å². The van der Waals surface area contributed by atoms with E-state index in [0.717, 1.165) is 5.70 Å². The van der Waals surface area contributed by atoms with Gasteiger partial charge in [-0.05, 0) is 19.1 Å². The van der Waals surface area contributed by atoms with Gasteiger partial charge < -0.3 is 15.6 Å². The number of nitrogens with one attached hydrogen (secondary N) is 1. The number of hydrogen-bond acceptors (Lipinski definition) is 6. The average Bonchev–Trinajstić information content (AvgIpc) is 3.22. The van der Waals surface area contributed by atoms with E-state index in [2.05, 4.69) is 27.0 Å². The highest BCUT2D eigenvalue weighted by Gasteiger charge is 2.36. The van der Waals surface area contributed by atoms with Crippen molar-refractivity contribution in [3.63, 3.8) is 0 Å². The maximum atomic E-state index is 14.2. The summed E-state index contributed by atoms with van der Waals surface area (Å²) in [6, 6.07) is 8.22. The molecule has 150 valence electrons. The van der Waals surface area contributed by atoms with Crippen LogP contribution in [0.4, 0.5) is 15.9 Å². The lowest BCUT2D eigenvalue weighted by Gasteiger charge is -2.16. The third-order valence-corrected chi connectivity index (χ3v) is 4.52. The van der Waals surface area contributed by atoms with Crippen LogP contribution >= 0.6 is 0 Å². The predicted octanol–water partition coefficient (Wildman–Crippen LogP) is 2.76. The number of rotatable bonds is 6. The number of amides is 1. The highest BCUT2D eigenvalue weighted by Crippen LogP contribution is 2.27. The smallest absolute Gasteiger partial charge is 0.258 e. The fraction of sp³-hybridized carbons (Fsp3) is 0.0952. The number of aromatic nitrogens is 3. The average molecular weight is 405 g/mol. The minimum Gasteiger partial charge on any atom is -0.382 e. The van der Waals surface area contributed by atoms with E-state index in [9.17, 15) is 9.18 Å². The van der Waals surface area contributed by atoms with E-state index < -0.39 is 0 Å². The van der Waals surface area contributed by atoms with Gasteiger partial charge in [0.25, 0.3) is 11.6 Å². The van der Waals surface area contributed by atoms with Gasteiger partial charge in [-0.25, -0.2) is 14.4 Å². The zero-order valence-corrected chi connectivity index (χ0v) is 16.1. The van der Waals surface area contributed by atoms with E-state index >= 15 is 0 Å². The van der Waals surface area contributed by atoms with Crippen LogP contribution < -0.4 is 11.1 Å². The van der Waals surface area contributed by atoms with Crippen molar-refractivity contribution in [1.82, 2.24) is 15.1 Å². The van der Waals surface area contributed by atoms with E-state index in [1.807, 2.05) is 10.7 Å². The van der Waals surface area contributed by atoms with Gasteiger partial charge in [-0.15, -0.1) is 0 Å². The molecule has 3 heterocycles. The van der Waals surface area contributed by atoms with Crippen LogP contribution in [0.5, 0.6) is 0 Å². The molecule has 1 amide bonds. The molecule has 0 radical (unpaired) electrons. The molecule has 0 aliphatic carbocycles. The third kappa shape index (κ3) is 3.60. The maximum absolute atomic E-state index is 14.2. The van der Waals surface area contributed by atoms with Crippen LogP contribution in [0, 0.1) is 5.82 Å². The Hall–Kier alpha value is -4.14. The van der Waals surface area contributed by atoms with E-state index in [1.165, 1.54) is 18.5 Å². The second-order valence-corrected chi connectivity index (χ2v) is 6.70. The first-order valence-electron chi connectivity index (χ1n) is 9.04. The van der Waals surface area contributed by atoms with E-state index in [4.69, 9.17) is 10.3 Å². The Labute approximate surface area is 171 Å². The standard InChI is InChI=1S/C21H17FN6O2/c1-12(2)21(29)25-16-10-24-20(26-19(16)23)18-9-17(15-7-8-30-27-15)28(18)11-13-5-3-4-6-14(13)22/h3-10H,1,11H2,2H3,(H2,23,26,27)/p+1. The van der Waals surface area contributed by atoms with Gasteiger partial charge in [0.2, 0.25) is 11.5 Å². The van der Waals surface area contributed by atoms with Gasteiger partial charge >= 0.3 is 0 Å². The van der Waals surface area contributed by atoms with Gasteiger partial charge in [0.05, 0.1) is 17.8 Å². The first-order chi connectivity index (χ1) is 14.4. The molecule has 3 N–H and O–H groups in total. The van der Waals surface area contributed by atoms with E-state index in [0.29, 0.717) is 28.4 Å². The minimum atomic E-state index is -0.372. The quantitative estimate of drug-likeness (QED) is 0.482. The van der Waals surface area contributed by atoms with Crippen molar-refractivity contribution in [3.05, 3.63) is 83.9 Å². The zero-order valence-electron chi connectivity index (χ0n) is 16.1. The summed E-state index contributed by atoms with van der Waals surface area (Å²) in [5, 5.41) is 6.55. The SMILES string of the molecule is C=C(C)C(=O)Nc1cnc(C2=[N+](Cc3ccccc3F)C(c3ccon3)=C2)nc1N. The molecular formula is C21H18FN6O2+. The Morgan fingerprint density at radius 3 is 2.80 bits per heavy atom. The summed E-state index contributed by atoms with van der Waals surface area (Å²) in [5.41, 5.74) is 9.11. The molecule has 1 aliphatic heterocycles. The second-order valence-electron chi connectivity index (χ2n) is 6.70. The molecular weight excluding hydrogens is 387 g/mol. The highest BCUT2D eigenvalue weighted by molar-refractivity contribution is 6.11. The van der Waals surface area contributed by atoms with Crippen molar-refractivity contribution >= 4 is 28.8 Å². The maximum Gasteiger partial charge on any atom is 0.258 e. The Morgan fingerprint density at radius 2 is 2.13 bits per heavy atom. The summed E-state index contributed by atoms with van der Waals surface area (Å²) in [4.78, 5) is 20.4. The number of halogens is 1. The van der Waals surface area contributed by atoms with Crippen molar-refractivity contribution < 1.29 is 18.3 Å². The van der Waals surface area contributed by atoms with Crippen molar-refractivity contribution in [1.29, 1.82) is 0 Å². The van der Waals surface area contributed by atoms with E-state index in [1.54, 1.807) is 31.2 Å². The van der Waals surface area contributed by atoms with Gasteiger partial charge in [0.15, 0.2) is 18.1 Å². The number of anilines is 2. The van der Waals surface area contributed by atoms with Crippen LogP contribution in [0.2, 0.25) is 0 Å². The first-order valence-corrected chi connectivity index (χ1v) is 9.04. The molecule has 0 fully saturated rings. The molecule has 3 aromatic rings. The highest BCUT2D eigenvalue weighted by atomic mass is 19.1. The van der Waals surface area contributed by atoms with E-state index in [-0.39, 0.29) is 29.8 Å². The number of carbonyl (C=O) groups excluding carboxylic acids is 1. The molecule has 8 nitrogen and oxygen atoms in total. The normalized spacial score (nSPS) is 12.9. The molecule has 2 aromatic heterocycles. The number of carbonyl (C=O) groups is 1. The Kier molecular flexibility index (Phi) is 4.93. The van der Waals surface area contributed by atoms with Gasteiger partial charge in [0.1, 0.15) is 17.8 Å². The summed E-state index contributed by atoms with van der Waals surface area (Å²) in [5.74, 6) is -0.245. The molecule has 0 spiro atoms. The number of benzene rings is 1. The second kappa shape index (κ2) is 7.70. The van der Waals surface area contributed by atoms with Crippen molar-refractivity contribution in [2.45, 2.75) is 13.5 Å². The zero-order chi connectivity index (χ0) is 21.3. The number of hydrogen-bond donors (Lipinski definition) is 2. The van der Waals surface area contributed by atoms with Crippen molar-refractivity contribution in [2.24, 2.45) is 0 Å². The fourth-order valence-corrected chi connectivity index (χ4v) is 2.90. The number of allylic oxidation sites excluding steroid dienone is 1. The third-order valence-electron chi connectivity index (χ3n) is 4.52. The van der Waals surface area contributed by atoms with Gasteiger partial charge in [-0.2, -0.15) is 4.58 Å². The molecule has 1 aliphatic rings. The molecule has 0 saturated carbocycles. The summed E-state index contributed by atoms with van der Waals surface area (Å²) in [6.45, 7) is 5.42. The molecule has 0 bridgehead atoms. The van der Waals surface area contributed by atoms with Crippen LogP contribution in [0.15, 0.2) is 65.5 Å². The Balaban J connectivity index is 1.69. The van der Waals surface area contributed by atoms with Gasteiger partial charge in [-0.3, -0.25) is 4.79 Å². The number of nitrogens with two attached hydrogens (primary N) is 1. The van der Waals surface area contributed by atoms with Crippen LogP contribution in [0.25, 0.3) is 5.70 Å². The Bertz CT molecular complexity index is 1210. The molecule has 0 atom stereocenters. The molecule has 30 heavy (non-hydrogen) atoms. The van der Waals surface area contributed by atoms with Gasteiger partial charge in [0, 0.05) is 11.6 Å². The fourth-order valence-electron chi connectivity index (χ4n) is 2.90. The summed E-state index contributed by atoms with van der Waals surface area (Å²) in [7, 11) is 0. The first kappa shape index (κ1) is 19.2. The molecule has 0 unspecified atom stereocenters. The molecule has 4 rings (SSSR count). The molecule has 9 heteroatoms. The summed E-state index contributed by atoms with van der Waals surface area (Å²) in [6.07, 6.45) is 4.71. The lowest BCUT2D eigenvalue weighted by Crippen LogP contribution is -2.30. The summed E-state index contributed by atoms with van der Waals surface area (Å²) < 4.78 is 21.0. The lowest BCUT2D eigenvalue weighted by atomic mass is 10.1. The predicted molar refractivity (Wildman–Crippen MR) is 109 cm³/mol.